The van der Waals surface area contributed by atoms with Crippen molar-refractivity contribution in [3.63, 3.8) is 0 Å². The van der Waals surface area contributed by atoms with E-state index in [4.69, 9.17) is 16.3 Å². The summed E-state index contributed by atoms with van der Waals surface area (Å²) in [5.41, 5.74) is 1.11. The van der Waals surface area contributed by atoms with E-state index < -0.39 is 6.04 Å². The second-order valence-electron chi connectivity index (χ2n) is 8.21. The van der Waals surface area contributed by atoms with Crippen LogP contribution in [0, 0.1) is 0 Å². The van der Waals surface area contributed by atoms with Crippen molar-refractivity contribution < 1.29 is 14.3 Å². The molecule has 1 atom stereocenters. The number of carbonyl (C=O) groups excluding carboxylic acids is 2. The lowest BCUT2D eigenvalue weighted by molar-refractivity contribution is -0.141. The van der Waals surface area contributed by atoms with Gasteiger partial charge in [-0.05, 0) is 49.9 Å². The first-order valence-corrected chi connectivity index (χ1v) is 12.3. The lowest BCUT2D eigenvalue weighted by Crippen LogP contribution is -2.52. The van der Waals surface area contributed by atoms with Crippen LogP contribution in [-0.4, -0.2) is 41.9 Å². The zero-order valence-corrected chi connectivity index (χ0v) is 20.7. The molecule has 172 valence electrons. The van der Waals surface area contributed by atoms with Gasteiger partial charge in [0.05, 0.1) is 5.02 Å². The quantitative estimate of drug-likeness (QED) is 0.481. The normalized spacial score (nSPS) is 15.1. The van der Waals surface area contributed by atoms with E-state index in [0.29, 0.717) is 23.7 Å². The average Bonchev–Trinajstić information content (AvgIpc) is 2.80. The molecule has 0 aromatic heterocycles. The number of nitrogens with one attached hydrogen (secondary N) is 1. The molecule has 7 heteroatoms. The Morgan fingerprint density at radius 2 is 1.88 bits per heavy atom. The molecule has 2 aromatic carbocycles. The Morgan fingerprint density at radius 1 is 1.16 bits per heavy atom. The Morgan fingerprint density at radius 3 is 2.56 bits per heavy atom. The Labute approximate surface area is 203 Å². The highest BCUT2D eigenvalue weighted by molar-refractivity contribution is 9.10. The van der Waals surface area contributed by atoms with Crippen molar-refractivity contribution in [3.8, 4) is 5.75 Å². The van der Waals surface area contributed by atoms with Crippen LogP contribution in [0.25, 0.3) is 0 Å². The van der Waals surface area contributed by atoms with Crippen molar-refractivity contribution in [2.75, 3.05) is 13.2 Å². The number of hydrogen-bond acceptors (Lipinski definition) is 3. The second kappa shape index (κ2) is 12.3. The smallest absolute Gasteiger partial charge is 0.261 e. The molecular weight excluding hydrogens is 492 g/mol. The highest BCUT2D eigenvalue weighted by Gasteiger charge is 2.28. The van der Waals surface area contributed by atoms with Crippen LogP contribution in [0.4, 0.5) is 0 Å². The van der Waals surface area contributed by atoms with Crippen LogP contribution in [0.2, 0.25) is 5.02 Å². The average molecular weight is 522 g/mol. The van der Waals surface area contributed by atoms with Gasteiger partial charge in [-0.2, -0.15) is 0 Å². The molecular formula is C25H30BrClN2O3. The molecule has 32 heavy (non-hydrogen) atoms. The minimum Gasteiger partial charge on any atom is -0.482 e. The van der Waals surface area contributed by atoms with Crippen LogP contribution in [0.5, 0.6) is 5.75 Å². The molecule has 1 fully saturated rings. The number of carbonyl (C=O) groups is 2. The van der Waals surface area contributed by atoms with E-state index >= 15 is 0 Å². The minimum atomic E-state index is -0.586. The van der Waals surface area contributed by atoms with Gasteiger partial charge in [0, 0.05) is 17.1 Å². The molecule has 2 aromatic rings. The first-order valence-electron chi connectivity index (χ1n) is 11.2. The SMILES string of the molecule is CC(C(=O)NC1CCCCC1)N(CCc1ccccc1)C(=O)COc1ccc(Br)cc1Cl. The molecule has 1 saturated carbocycles. The molecule has 0 bridgehead atoms. The first kappa shape index (κ1) is 24.6. The summed E-state index contributed by atoms with van der Waals surface area (Å²) in [5.74, 6) is 0.0803. The molecule has 1 unspecified atom stereocenters. The second-order valence-corrected chi connectivity index (χ2v) is 9.53. The summed E-state index contributed by atoms with van der Waals surface area (Å²) in [6.07, 6.45) is 6.16. The number of amides is 2. The lowest BCUT2D eigenvalue weighted by Gasteiger charge is -2.31. The van der Waals surface area contributed by atoms with Gasteiger partial charge >= 0.3 is 0 Å². The summed E-state index contributed by atoms with van der Waals surface area (Å²) in [7, 11) is 0. The van der Waals surface area contributed by atoms with Crippen molar-refractivity contribution in [2.45, 2.75) is 57.5 Å². The van der Waals surface area contributed by atoms with E-state index in [1.807, 2.05) is 30.3 Å². The molecule has 5 nitrogen and oxygen atoms in total. The molecule has 1 aliphatic rings. The number of ether oxygens (including phenoxy) is 1. The van der Waals surface area contributed by atoms with Crippen LogP contribution < -0.4 is 10.1 Å². The minimum absolute atomic E-state index is 0.111. The Hall–Kier alpha value is -2.05. The summed E-state index contributed by atoms with van der Waals surface area (Å²) in [5, 5.41) is 3.56. The van der Waals surface area contributed by atoms with Gasteiger partial charge in [0.25, 0.3) is 5.91 Å². The first-order chi connectivity index (χ1) is 15.4. The topological polar surface area (TPSA) is 58.6 Å². The van der Waals surface area contributed by atoms with Gasteiger partial charge in [-0.3, -0.25) is 9.59 Å². The highest BCUT2D eigenvalue weighted by Crippen LogP contribution is 2.27. The largest absolute Gasteiger partial charge is 0.482 e. The van der Waals surface area contributed by atoms with E-state index in [-0.39, 0.29) is 24.5 Å². The van der Waals surface area contributed by atoms with Crippen LogP contribution in [0.15, 0.2) is 53.0 Å². The maximum Gasteiger partial charge on any atom is 0.261 e. The third-order valence-corrected chi connectivity index (χ3v) is 6.64. The highest BCUT2D eigenvalue weighted by atomic mass is 79.9. The standard InChI is InChI=1S/C25H30BrClN2O3/c1-18(25(31)28-21-10-6-3-7-11-21)29(15-14-19-8-4-2-5-9-19)24(30)17-32-23-13-12-20(26)16-22(23)27/h2,4-5,8-9,12-13,16,18,21H,3,6-7,10-11,14-15,17H2,1H3,(H,28,31). The number of benzene rings is 2. The summed E-state index contributed by atoms with van der Waals surface area (Å²) in [6.45, 7) is 2.03. The Kier molecular flexibility index (Phi) is 9.42. The fraction of sp³-hybridized carbons (Fsp3) is 0.440. The molecule has 0 aliphatic heterocycles. The summed E-state index contributed by atoms with van der Waals surface area (Å²) in [6, 6.07) is 14.8. The number of hydrogen-bond donors (Lipinski definition) is 1. The molecule has 1 N–H and O–H groups in total. The zero-order chi connectivity index (χ0) is 22.9. The molecule has 0 heterocycles. The van der Waals surface area contributed by atoms with E-state index in [2.05, 4.69) is 21.2 Å². The molecule has 3 rings (SSSR count). The van der Waals surface area contributed by atoms with Gasteiger partial charge in [0.2, 0.25) is 5.91 Å². The van der Waals surface area contributed by atoms with Gasteiger partial charge in [-0.15, -0.1) is 0 Å². The third kappa shape index (κ3) is 7.24. The fourth-order valence-corrected chi connectivity index (χ4v) is 4.68. The van der Waals surface area contributed by atoms with Crippen LogP contribution >= 0.6 is 27.5 Å². The predicted octanol–water partition coefficient (Wildman–Crippen LogP) is 5.39. The van der Waals surface area contributed by atoms with Crippen molar-refractivity contribution in [1.29, 1.82) is 0 Å². The van der Waals surface area contributed by atoms with Crippen LogP contribution in [0.3, 0.4) is 0 Å². The van der Waals surface area contributed by atoms with Gasteiger partial charge in [-0.1, -0.05) is 77.1 Å². The fourth-order valence-electron chi connectivity index (χ4n) is 3.95. The lowest BCUT2D eigenvalue weighted by atomic mass is 9.95. The number of nitrogens with zero attached hydrogens (tertiary/aromatic N) is 1. The summed E-state index contributed by atoms with van der Waals surface area (Å²) in [4.78, 5) is 27.7. The predicted molar refractivity (Wildman–Crippen MR) is 131 cm³/mol. The molecule has 0 saturated heterocycles. The zero-order valence-electron chi connectivity index (χ0n) is 18.4. The molecule has 0 radical (unpaired) electrons. The Balaban J connectivity index is 1.66. The van der Waals surface area contributed by atoms with Gasteiger partial charge < -0.3 is 15.0 Å². The maximum absolute atomic E-state index is 13.1. The number of rotatable bonds is 9. The molecule has 2 amide bonds. The maximum atomic E-state index is 13.1. The van der Waals surface area contributed by atoms with Gasteiger partial charge in [0.15, 0.2) is 6.61 Å². The van der Waals surface area contributed by atoms with Gasteiger partial charge in [-0.25, -0.2) is 0 Å². The van der Waals surface area contributed by atoms with Crippen molar-refractivity contribution in [3.05, 3.63) is 63.6 Å². The van der Waals surface area contributed by atoms with Crippen molar-refractivity contribution >= 4 is 39.3 Å². The summed E-state index contributed by atoms with van der Waals surface area (Å²) < 4.78 is 6.52. The van der Waals surface area contributed by atoms with Crippen molar-refractivity contribution in [1.82, 2.24) is 10.2 Å². The van der Waals surface area contributed by atoms with E-state index in [9.17, 15) is 9.59 Å². The molecule has 1 aliphatic carbocycles. The van der Waals surface area contributed by atoms with Crippen molar-refractivity contribution in [2.24, 2.45) is 0 Å². The Bertz CT molecular complexity index is 903. The van der Waals surface area contributed by atoms with E-state index in [1.165, 1.54) is 6.42 Å². The monoisotopic (exact) mass is 520 g/mol. The van der Waals surface area contributed by atoms with E-state index in [1.54, 1.807) is 30.0 Å². The van der Waals surface area contributed by atoms with Crippen LogP contribution in [0.1, 0.15) is 44.6 Å². The van der Waals surface area contributed by atoms with Gasteiger partial charge in [0.1, 0.15) is 11.8 Å². The third-order valence-electron chi connectivity index (χ3n) is 5.85. The van der Waals surface area contributed by atoms with Crippen LogP contribution in [-0.2, 0) is 16.0 Å². The molecule has 0 spiro atoms. The summed E-state index contributed by atoms with van der Waals surface area (Å²) >= 11 is 9.57. The number of halogens is 2. The van der Waals surface area contributed by atoms with E-state index in [0.717, 1.165) is 35.7 Å².